The van der Waals surface area contributed by atoms with E-state index in [2.05, 4.69) is 9.71 Å². The molecule has 5 nitrogen and oxygen atoms in total. The van der Waals surface area contributed by atoms with Crippen LogP contribution in [0.4, 0.5) is 5.69 Å². The van der Waals surface area contributed by atoms with Crippen molar-refractivity contribution in [2.75, 3.05) is 5.73 Å². The van der Waals surface area contributed by atoms with Crippen LogP contribution < -0.4 is 10.5 Å². The molecule has 0 spiro atoms. The second kappa shape index (κ2) is 3.21. The maximum atomic E-state index is 11.6. The number of nitrogens with two attached hydrogens (primary N) is 1. The second-order valence-electron chi connectivity index (χ2n) is 3.29. The topological polar surface area (TPSA) is 85.1 Å². The second-order valence-corrected chi connectivity index (χ2v) is 4.92. The van der Waals surface area contributed by atoms with Crippen molar-refractivity contribution in [3.05, 3.63) is 18.3 Å². The summed E-state index contributed by atoms with van der Waals surface area (Å²) in [6.45, 7) is 0. The largest absolute Gasteiger partial charge is 0.396 e. The molecule has 1 fully saturated rings. The van der Waals surface area contributed by atoms with Gasteiger partial charge >= 0.3 is 0 Å². The highest BCUT2D eigenvalue weighted by Gasteiger charge is 2.29. The van der Waals surface area contributed by atoms with Gasteiger partial charge in [-0.15, -0.1) is 0 Å². The standard InChI is InChI=1S/C8H11N3O2S/c9-7-2-1-5-10-8(7)14(12,13)11-6-3-4-6/h1-2,5-6,11H,3-4,9H2. The molecule has 0 saturated heterocycles. The Hall–Kier alpha value is -1.14. The predicted octanol–water partition coefficient (Wildman–Crippen LogP) is 0.104. The SMILES string of the molecule is Nc1cccnc1S(=O)(=O)NC1CC1. The summed E-state index contributed by atoms with van der Waals surface area (Å²) in [5.41, 5.74) is 5.70. The highest BCUT2D eigenvalue weighted by molar-refractivity contribution is 7.89. The maximum absolute atomic E-state index is 11.6. The van der Waals surface area contributed by atoms with Crippen LogP contribution >= 0.6 is 0 Å². The summed E-state index contributed by atoms with van der Waals surface area (Å²) in [7, 11) is -3.51. The Morgan fingerprint density at radius 2 is 2.21 bits per heavy atom. The molecule has 1 aliphatic carbocycles. The van der Waals surface area contributed by atoms with Crippen LogP contribution in [0.5, 0.6) is 0 Å². The van der Waals surface area contributed by atoms with Gasteiger partial charge in [0.1, 0.15) is 0 Å². The van der Waals surface area contributed by atoms with E-state index >= 15 is 0 Å². The van der Waals surface area contributed by atoms with Crippen LogP contribution in [0.3, 0.4) is 0 Å². The van der Waals surface area contributed by atoms with E-state index < -0.39 is 10.0 Å². The van der Waals surface area contributed by atoms with Gasteiger partial charge in [-0.1, -0.05) is 0 Å². The van der Waals surface area contributed by atoms with Crippen LogP contribution in [-0.2, 0) is 10.0 Å². The van der Waals surface area contributed by atoms with Crippen molar-refractivity contribution in [2.24, 2.45) is 0 Å². The molecule has 0 atom stereocenters. The molecule has 0 amide bonds. The van der Waals surface area contributed by atoms with E-state index in [0.717, 1.165) is 12.8 Å². The first-order valence-electron chi connectivity index (χ1n) is 4.32. The Balaban J connectivity index is 2.33. The number of anilines is 1. The predicted molar refractivity (Wildman–Crippen MR) is 52.0 cm³/mol. The van der Waals surface area contributed by atoms with Gasteiger partial charge in [0, 0.05) is 12.2 Å². The van der Waals surface area contributed by atoms with Crippen molar-refractivity contribution in [2.45, 2.75) is 23.9 Å². The summed E-state index contributed by atoms with van der Waals surface area (Å²) >= 11 is 0. The minimum Gasteiger partial charge on any atom is -0.396 e. The molecule has 0 bridgehead atoms. The zero-order valence-corrected chi connectivity index (χ0v) is 8.29. The van der Waals surface area contributed by atoms with Crippen molar-refractivity contribution >= 4 is 15.7 Å². The average molecular weight is 213 g/mol. The lowest BCUT2D eigenvalue weighted by Crippen LogP contribution is -2.27. The van der Waals surface area contributed by atoms with Crippen LogP contribution in [0, 0.1) is 0 Å². The monoisotopic (exact) mass is 213 g/mol. The molecule has 3 N–H and O–H groups in total. The molecule has 76 valence electrons. The number of nitrogens with zero attached hydrogens (tertiary/aromatic N) is 1. The molecule has 2 rings (SSSR count). The molecule has 1 saturated carbocycles. The van der Waals surface area contributed by atoms with Crippen molar-refractivity contribution in [3.8, 4) is 0 Å². The molecule has 0 unspecified atom stereocenters. The van der Waals surface area contributed by atoms with Crippen LogP contribution in [0.15, 0.2) is 23.4 Å². The highest BCUT2D eigenvalue weighted by atomic mass is 32.2. The first-order valence-corrected chi connectivity index (χ1v) is 5.81. The number of hydrogen-bond acceptors (Lipinski definition) is 4. The van der Waals surface area contributed by atoms with Crippen molar-refractivity contribution in [1.82, 2.24) is 9.71 Å². The third kappa shape index (κ3) is 1.85. The van der Waals surface area contributed by atoms with Crippen molar-refractivity contribution in [3.63, 3.8) is 0 Å². The molecule has 1 aromatic heterocycles. The van der Waals surface area contributed by atoms with Crippen molar-refractivity contribution < 1.29 is 8.42 Å². The zero-order chi connectivity index (χ0) is 10.2. The molecule has 14 heavy (non-hydrogen) atoms. The van der Waals surface area contributed by atoms with Gasteiger partial charge < -0.3 is 5.73 Å². The third-order valence-corrected chi connectivity index (χ3v) is 3.45. The molecule has 0 aromatic carbocycles. The maximum Gasteiger partial charge on any atom is 0.260 e. The Morgan fingerprint density at radius 3 is 2.79 bits per heavy atom. The van der Waals surface area contributed by atoms with E-state index in [4.69, 9.17) is 5.73 Å². The number of nitrogen functional groups attached to an aromatic ring is 1. The van der Waals surface area contributed by atoms with Gasteiger partial charge in [-0.05, 0) is 25.0 Å². The Morgan fingerprint density at radius 1 is 1.50 bits per heavy atom. The summed E-state index contributed by atoms with van der Waals surface area (Å²) in [6.07, 6.45) is 3.20. The van der Waals surface area contributed by atoms with Crippen LogP contribution in [-0.4, -0.2) is 19.4 Å². The molecule has 1 heterocycles. The fourth-order valence-corrected chi connectivity index (χ4v) is 2.47. The molecule has 1 aromatic rings. The summed E-state index contributed by atoms with van der Waals surface area (Å²) < 4.78 is 25.8. The first-order chi connectivity index (χ1) is 6.59. The lowest BCUT2D eigenvalue weighted by atomic mass is 10.4. The number of sulfonamides is 1. The van der Waals surface area contributed by atoms with Crippen molar-refractivity contribution in [1.29, 1.82) is 0 Å². The third-order valence-electron chi connectivity index (χ3n) is 1.95. The highest BCUT2D eigenvalue weighted by Crippen LogP contribution is 2.23. The lowest BCUT2D eigenvalue weighted by Gasteiger charge is -2.05. The molecule has 0 radical (unpaired) electrons. The average Bonchev–Trinajstić information content (AvgIpc) is 2.88. The van der Waals surface area contributed by atoms with Crippen LogP contribution in [0.2, 0.25) is 0 Å². The van der Waals surface area contributed by atoms with E-state index in [1.807, 2.05) is 0 Å². The Labute approximate surface area is 82.4 Å². The van der Waals surface area contributed by atoms with Gasteiger partial charge in [0.25, 0.3) is 10.0 Å². The fraction of sp³-hybridized carbons (Fsp3) is 0.375. The molecule has 6 heteroatoms. The van der Waals surface area contributed by atoms with Gasteiger partial charge in [0.15, 0.2) is 5.03 Å². The minimum absolute atomic E-state index is 0.0707. The summed E-state index contributed by atoms with van der Waals surface area (Å²) in [5, 5.41) is -0.0769. The number of nitrogens with one attached hydrogen (secondary N) is 1. The van der Waals surface area contributed by atoms with Crippen LogP contribution in [0.25, 0.3) is 0 Å². The Bertz CT molecular complexity index is 440. The number of aromatic nitrogens is 1. The lowest BCUT2D eigenvalue weighted by molar-refractivity contribution is 0.577. The minimum atomic E-state index is -3.51. The number of rotatable bonds is 3. The van der Waals surface area contributed by atoms with E-state index in [0.29, 0.717) is 0 Å². The number of pyridine rings is 1. The van der Waals surface area contributed by atoms with Gasteiger partial charge in [-0.2, -0.15) is 0 Å². The molecule has 0 aliphatic heterocycles. The normalized spacial score (nSPS) is 16.9. The first kappa shape index (κ1) is 9.42. The quantitative estimate of drug-likeness (QED) is 0.746. The molecular weight excluding hydrogens is 202 g/mol. The van der Waals surface area contributed by atoms with Crippen LogP contribution in [0.1, 0.15) is 12.8 Å². The molecular formula is C8H11N3O2S. The van der Waals surface area contributed by atoms with Gasteiger partial charge in [-0.3, -0.25) is 0 Å². The number of hydrogen-bond donors (Lipinski definition) is 2. The van der Waals surface area contributed by atoms with E-state index in [9.17, 15) is 8.42 Å². The summed E-state index contributed by atoms with van der Waals surface area (Å²) in [5.74, 6) is 0. The molecule has 1 aliphatic rings. The summed E-state index contributed by atoms with van der Waals surface area (Å²) in [4.78, 5) is 3.76. The summed E-state index contributed by atoms with van der Waals surface area (Å²) in [6, 6.07) is 3.20. The van der Waals surface area contributed by atoms with Gasteiger partial charge in [0.05, 0.1) is 5.69 Å². The van der Waals surface area contributed by atoms with Gasteiger partial charge in [0.2, 0.25) is 0 Å². The fourth-order valence-electron chi connectivity index (χ4n) is 1.10. The van der Waals surface area contributed by atoms with Gasteiger partial charge in [-0.25, -0.2) is 18.1 Å². The Kier molecular flexibility index (Phi) is 2.16. The zero-order valence-electron chi connectivity index (χ0n) is 7.47. The van der Waals surface area contributed by atoms with E-state index in [1.165, 1.54) is 12.3 Å². The smallest absolute Gasteiger partial charge is 0.260 e. The van der Waals surface area contributed by atoms with E-state index in [-0.39, 0.29) is 16.8 Å². The van der Waals surface area contributed by atoms with E-state index in [1.54, 1.807) is 6.07 Å².